The van der Waals surface area contributed by atoms with Crippen molar-refractivity contribution in [2.75, 3.05) is 24.5 Å². The number of benzene rings is 1. The molecule has 1 saturated heterocycles. The topological polar surface area (TPSA) is 15.3 Å². The van der Waals surface area contributed by atoms with E-state index in [0.717, 1.165) is 19.6 Å². The molecule has 0 spiro atoms. The average Bonchev–Trinajstić information content (AvgIpc) is 2.33. The summed E-state index contributed by atoms with van der Waals surface area (Å²) in [5.74, 6) is 0. The van der Waals surface area contributed by atoms with Crippen LogP contribution < -0.4 is 10.2 Å². The van der Waals surface area contributed by atoms with Crippen LogP contribution in [0.25, 0.3) is 0 Å². The van der Waals surface area contributed by atoms with Crippen LogP contribution in [0.2, 0.25) is 0 Å². The molecule has 0 aliphatic carbocycles. The Morgan fingerprint density at radius 2 is 1.94 bits per heavy atom. The Labute approximate surface area is 106 Å². The van der Waals surface area contributed by atoms with Crippen LogP contribution >= 0.6 is 0 Å². The first-order chi connectivity index (χ1) is 8.18. The third kappa shape index (κ3) is 3.47. The van der Waals surface area contributed by atoms with Gasteiger partial charge >= 0.3 is 0 Å². The average molecular weight is 234 g/mol. The lowest BCUT2D eigenvalue weighted by molar-refractivity contribution is 0.500. The van der Waals surface area contributed by atoms with Gasteiger partial charge in [-0.1, -0.05) is 31.5 Å². The third-order valence-electron chi connectivity index (χ3n) is 3.16. The van der Waals surface area contributed by atoms with Gasteiger partial charge in [-0.15, -0.1) is 0 Å². The van der Waals surface area contributed by atoms with E-state index in [-0.39, 0.29) is 0 Å². The maximum absolute atomic E-state index is 3.42. The summed E-state index contributed by atoms with van der Waals surface area (Å²) >= 11 is 0. The van der Waals surface area contributed by atoms with E-state index in [9.17, 15) is 0 Å². The van der Waals surface area contributed by atoms with Gasteiger partial charge in [0, 0.05) is 31.4 Å². The summed E-state index contributed by atoms with van der Waals surface area (Å²) in [5.41, 5.74) is 4.14. The summed E-state index contributed by atoms with van der Waals surface area (Å²) in [5, 5.41) is 3.42. The molecule has 1 aliphatic rings. The molecular formula is C15H26N2. The van der Waals surface area contributed by atoms with E-state index in [4.69, 9.17) is 0 Å². The first kappa shape index (κ1) is 14.0. The first-order valence-electron chi connectivity index (χ1n) is 6.73. The van der Waals surface area contributed by atoms with Gasteiger partial charge in [0.05, 0.1) is 0 Å². The minimum Gasteiger partial charge on any atom is -0.366 e. The monoisotopic (exact) mass is 234 g/mol. The highest BCUT2D eigenvalue weighted by Crippen LogP contribution is 2.23. The molecule has 0 aromatic heterocycles. The Bertz CT molecular complexity index is 347. The lowest BCUT2D eigenvalue weighted by Gasteiger charge is -2.36. The Kier molecular flexibility index (Phi) is 5.49. The molecule has 1 atom stereocenters. The van der Waals surface area contributed by atoms with Crippen LogP contribution in [0.4, 0.5) is 5.69 Å². The van der Waals surface area contributed by atoms with E-state index in [1.165, 1.54) is 16.8 Å². The third-order valence-corrected chi connectivity index (χ3v) is 3.16. The maximum Gasteiger partial charge on any atom is 0.0399 e. The molecule has 0 amide bonds. The zero-order valence-corrected chi connectivity index (χ0v) is 11.9. The number of piperazine rings is 1. The molecule has 96 valence electrons. The zero-order valence-electron chi connectivity index (χ0n) is 11.9. The Morgan fingerprint density at radius 3 is 2.53 bits per heavy atom. The predicted octanol–water partition coefficient (Wildman–Crippen LogP) is 3.13. The van der Waals surface area contributed by atoms with E-state index >= 15 is 0 Å². The molecule has 1 aromatic rings. The van der Waals surface area contributed by atoms with Crippen molar-refractivity contribution in [2.24, 2.45) is 0 Å². The molecule has 1 fully saturated rings. The molecule has 0 saturated carbocycles. The van der Waals surface area contributed by atoms with Gasteiger partial charge < -0.3 is 10.2 Å². The van der Waals surface area contributed by atoms with E-state index in [0.29, 0.717) is 6.04 Å². The highest BCUT2D eigenvalue weighted by Gasteiger charge is 2.19. The molecule has 2 nitrogen and oxygen atoms in total. The summed E-state index contributed by atoms with van der Waals surface area (Å²) in [6.07, 6.45) is 0. The first-order valence-corrected chi connectivity index (χ1v) is 6.73. The van der Waals surface area contributed by atoms with Crippen LogP contribution in [0, 0.1) is 13.8 Å². The van der Waals surface area contributed by atoms with Crippen molar-refractivity contribution in [1.29, 1.82) is 0 Å². The van der Waals surface area contributed by atoms with Gasteiger partial charge in [0.2, 0.25) is 0 Å². The standard InChI is InChI=1S/C13H20N2.C2H6/c1-10-4-5-13(11(2)8-10)15-7-6-14-9-12(15)3;1-2/h4-5,8,12,14H,6-7,9H2,1-3H3;1-2H3. The van der Waals surface area contributed by atoms with E-state index in [2.05, 4.69) is 49.2 Å². The number of anilines is 1. The van der Waals surface area contributed by atoms with Gasteiger partial charge in [-0.05, 0) is 32.4 Å². The van der Waals surface area contributed by atoms with Crippen LogP contribution in [-0.2, 0) is 0 Å². The summed E-state index contributed by atoms with van der Waals surface area (Å²) < 4.78 is 0. The molecule has 2 rings (SSSR count). The van der Waals surface area contributed by atoms with Crippen LogP contribution in [0.3, 0.4) is 0 Å². The second-order valence-corrected chi connectivity index (χ2v) is 4.54. The van der Waals surface area contributed by atoms with Gasteiger partial charge in [0.25, 0.3) is 0 Å². The van der Waals surface area contributed by atoms with Gasteiger partial charge in [-0.2, -0.15) is 0 Å². The van der Waals surface area contributed by atoms with Gasteiger partial charge in [-0.25, -0.2) is 0 Å². The SMILES string of the molecule is CC.Cc1ccc(N2CCNCC2C)c(C)c1. The molecule has 1 aliphatic heterocycles. The number of nitrogens with zero attached hydrogens (tertiary/aromatic N) is 1. The van der Waals surface area contributed by atoms with Crippen molar-refractivity contribution in [3.63, 3.8) is 0 Å². The maximum atomic E-state index is 3.42. The second kappa shape index (κ2) is 6.65. The Hall–Kier alpha value is -1.02. The summed E-state index contributed by atoms with van der Waals surface area (Å²) in [6, 6.07) is 7.33. The molecule has 17 heavy (non-hydrogen) atoms. The quantitative estimate of drug-likeness (QED) is 0.803. The number of hydrogen-bond donors (Lipinski definition) is 1. The smallest absolute Gasteiger partial charge is 0.0399 e. The molecule has 1 heterocycles. The molecular weight excluding hydrogens is 208 g/mol. The highest BCUT2D eigenvalue weighted by molar-refractivity contribution is 5.55. The van der Waals surface area contributed by atoms with Crippen LogP contribution in [0.5, 0.6) is 0 Å². The van der Waals surface area contributed by atoms with Crippen molar-refractivity contribution in [3.8, 4) is 0 Å². The molecule has 1 N–H and O–H groups in total. The highest BCUT2D eigenvalue weighted by atomic mass is 15.2. The Morgan fingerprint density at radius 1 is 1.24 bits per heavy atom. The number of hydrogen-bond acceptors (Lipinski definition) is 2. The van der Waals surface area contributed by atoms with Crippen LogP contribution in [0.15, 0.2) is 18.2 Å². The van der Waals surface area contributed by atoms with Crippen molar-refractivity contribution in [1.82, 2.24) is 5.32 Å². The molecule has 1 unspecified atom stereocenters. The summed E-state index contributed by atoms with van der Waals surface area (Å²) in [4.78, 5) is 2.51. The zero-order chi connectivity index (χ0) is 12.8. The fourth-order valence-electron chi connectivity index (χ4n) is 2.33. The fraction of sp³-hybridized carbons (Fsp3) is 0.600. The van der Waals surface area contributed by atoms with E-state index in [1.807, 2.05) is 13.8 Å². The van der Waals surface area contributed by atoms with Crippen molar-refractivity contribution < 1.29 is 0 Å². The number of nitrogens with one attached hydrogen (secondary N) is 1. The van der Waals surface area contributed by atoms with Crippen molar-refractivity contribution in [3.05, 3.63) is 29.3 Å². The van der Waals surface area contributed by atoms with Crippen LogP contribution in [-0.4, -0.2) is 25.7 Å². The minimum atomic E-state index is 0.597. The van der Waals surface area contributed by atoms with Gasteiger partial charge in [0.15, 0.2) is 0 Å². The lowest BCUT2D eigenvalue weighted by Crippen LogP contribution is -2.50. The molecule has 1 aromatic carbocycles. The minimum absolute atomic E-state index is 0.597. The predicted molar refractivity (Wildman–Crippen MR) is 76.9 cm³/mol. The van der Waals surface area contributed by atoms with Crippen molar-refractivity contribution >= 4 is 5.69 Å². The van der Waals surface area contributed by atoms with E-state index < -0.39 is 0 Å². The lowest BCUT2D eigenvalue weighted by atomic mass is 10.1. The largest absolute Gasteiger partial charge is 0.366 e. The normalized spacial score (nSPS) is 19.6. The summed E-state index contributed by atoms with van der Waals surface area (Å²) in [7, 11) is 0. The fourth-order valence-corrected chi connectivity index (χ4v) is 2.33. The van der Waals surface area contributed by atoms with Crippen LogP contribution in [0.1, 0.15) is 31.9 Å². The number of aryl methyl sites for hydroxylation is 2. The van der Waals surface area contributed by atoms with Crippen molar-refractivity contribution in [2.45, 2.75) is 40.7 Å². The summed E-state index contributed by atoms with van der Waals surface area (Å²) in [6.45, 7) is 13.9. The Balaban J connectivity index is 0.000000686. The van der Waals surface area contributed by atoms with Gasteiger partial charge in [0.1, 0.15) is 0 Å². The number of rotatable bonds is 1. The molecule has 2 heteroatoms. The molecule has 0 radical (unpaired) electrons. The van der Waals surface area contributed by atoms with Gasteiger partial charge in [-0.3, -0.25) is 0 Å². The molecule has 0 bridgehead atoms. The second-order valence-electron chi connectivity index (χ2n) is 4.54. The van der Waals surface area contributed by atoms with E-state index in [1.54, 1.807) is 0 Å².